The van der Waals surface area contributed by atoms with E-state index in [9.17, 15) is 19.6 Å². The van der Waals surface area contributed by atoms with Gasteiger partial charge in [-0.2, -0.15) is 0 Å². The fourth-order valence-electron chi connectivity index (χ4n) is 1.75. The predicted molar refractivity (Wildman–Crippen MR) is 67.1 cm³/mol. The topological polar surface area (TPSA) is 197 Å². The van der Waals surface area contributed by atoms with Crippen LogP contribution in [0.3, 0.4) is 0 Å². The highest BCUT2D eigenvalue weighted by molar-refractivity contribution is 7.46. The molecule has 2 rings (SSSR count). The molecular weight excluding hydrogens is 325 g/mol. The molecule has 0 amide bonds. The number of ether oxygens (including phenoxy) is 2. The van der Waals surface area contributed by atoms with Crippen molar-refractivity contribution < 1.29 is 43.4 Å². The minimum absolute atomic E-state index is 0.126. The second-order valence-corrected chi connectivity index (χ2v) is 5.62. The van der Waals surface area contributed by atoms with E-state index in [0.717, 1.165) is 6.33 Å². The molecule has 1 saturated heterocycles. The number of carbonyl (C=O) groups excluding carboxylic acids is 1. The Balaban J connectivity index is 1.97. The summed E-state index contributed by atoms with van der Waals surface area (Å²) in [7, 11) is -4.77. The number of nitrogens with two attached hydrogens (primary N) is 1. The van der Waals surface area contributed by atoms with E-state index in [1.165, 1.54) is 0 Å². The van der Waals surface area contributed by atoms with E-state index < -0.39 is 45.0 Å². The Kier molecular flexibility index (Phi) is 4.82. The molecule has 124 valence electrons. The van der Waals surface area contributed by atoms with Crippen LogP contribution in [-0.4, -0.2) is 67.1 Å². The monoisotopic (exact) mass is 339 g/mol. The molecule has 12 nitrogen and oxygen atoms in total. The Hall–Kier alpha value is -1.53. The van der Waals surface area contributed by atoms with Crippen molar-refractivity contribution in [1.82, 2.24) is 9.97 Å². The lowest BCUT2D eigenvalue weighted by atomic mass is 10.1. The Morgan fingerprint density at radius 2 is 2.14 bits per heavy atom. The molecule has 0 aliphatic carbocycles. The third kappa shape index (κ3) is 3.81. The van der Waals surface area contributed by atoms with Crippen molar-refractivity contribution in [3.63, 3.8) is 0 Å². The second-order valence-electron chi connectivity index (χ2n) is 4.38. The maximum Gasteiger partial charge on any atom is 0.469 e. The first kappa shape index (κ1) is 16.8. The standard InChI is InChI=1S/C9H14N3O9P/c10-7-4(11-2-12-7)8(15)21-9-6(14)5(13)3(20-9)1-19-22(16,17)18/h2-3,5-6,9,13-14H,1,10H2,(H,11,12)(H2,16,17,18)/t3-,5-,6-,9?/m1/s1. The van der Waals surface area contributed by atoms with Gasteiger partial charge in [-0.25, -0.2) is 14.3 Å². The molecule has 1 aromatic heterocycles. The van der Waals surface area contributed by atoms with Crippen molar-refractivity contribution in [1.29, 1.82) is 0 Å². The number of phosphoric acid groups is 1. The van der Waals surface area contributed by atoms with Gasteiger partial charge in [-0.3, -0.25) is 4.52 Å². The number of nitrogens with one attached hydrogen (secondary N) is 1. The summed E-state index contributed by atoms with van der Waals surface area (Å²) in [5.41, 5.74) is 5.23. The normalized spacial score (nSPS) is 28.7. The number of esters is 1. The summed E-state index contributed by atoms with van der Waals surface area (Å²) in [6.45, 7) is -0.706. The van der Waals surface area contributed by atoms with Gasteiger partial charge in [0.2, 0.25) is 6.29 Å². The SMILES string of the molecule is Nc1nc[nH]c1C(=O)OC1O[C@H](COP(=O)(O)O)[C@@H](O)[C@H]1O. The fraction of sp³-hybridized carbons (Fsp3) is 0.556. The Morgan fingerprint density at radius 3 is 2.68 bits per heavy atom. The minimum atomic E-state index is -4.77. The maximum atomic E-state index is 11.8. The molecule has 1 aliphatic heterocycles. The van der Waals surface area contributed by atoms with Crippen LogP contribution in [0, 0.1) is 0 Å². The highest BCUT2D eigenvalue weighted by Crippen LogP contribution is 2.37. The molecule has 1 aliphatic rings. The van der Waals surface area contributed by atoms with Crippen LogP contribution >= 0.6 is 7.82 Å². The van der Waals surface area contributed by atoms with E-state index >= 15 is 0 Å². The molecule has 7 N–H and O–H groups in total. The number of aromatic nitrogens is 2. The summed E-state index contributed by atoms with van der Waals surface area (Å²) < 4.78 is 24.6. The zero-order valence-corrected chi connectivity index (χ0v) is 11.8. The van der Waals surface area contributed by atoms with Crippen LogP contribution in [-0.2, 0) is 18.6 Å². The van der Waals surface area contributed by atoms with Gasteiger partial charge in [-0.05, 0) is 0 Å². The van der Waals surface area contributed by atoms with E-state index in [-0.39, 0.29) is 11.5 Å². The Morgan fingerprint density at radius 1 is 1.45 bits per heavy atom. The Labute approximate surface area is 123 Å². The number of phosphoric ester groups is 1. The smallest absolute Gasteiger partial charge is 0.428 e. The van der Waals surface area contributed by atoms with Gasteiger partial charge >= 0.3 is 13.8 Å². The van der Waals surface area contributed by atoms with Crippen molar-refractivity contribution in [2.45, 2.75) is 24.6 Å². The average molecular weight is 339 g/mol. The quantitative estimate of drug-likeness (QED) is 0.249. The summed E-state index contributed by atoms with van der Waals surface area (Å²) in [5, 5.41) is 19.4. The molecule has 2 heterocycles. The van der Waals surface area contributed by atoms with Gasteiger partial charge in [0.15, 0.2) is 11.5 Å². The summed E-state index contributed by atoms with van der Waals surface area (Å²) in [5.74, 6) is -1.11. The van der Waals surface area contributed by atoms with Crippen molar-refractivity contribution in [2.24, 2.45) is 0 Å². The summed E-state index contributed by atoms with van der Waals surface area (Å²) in [4.78, 5) is 34.9. The first-order chi connectivity index (χ1) is 10.2. The van der Waals surface area contributed by atoms with E-state index in [2.05, 4.69) is 14.5 Å². The number of nitrogen functional groups attached to an aromatic ring is 1. The van der Waals surface area contributed by atoms with Crippen LogP contribution in [0.25, 0.3) is 0 Å². The number of carbonyl (C=O) groups is 1. The number of aliphatic hydroxyl groups is 2. The summed E-state index contributed by atoms with van der Waals surface area (Å²) >= 11 is 0. The first-order valence-corrected chi connectivity index (χ1v) is 7.43. The molecule has 0 saturated carbocycles. The highest BCUT2D eigenvalue weighted by atomic mass is 31.2. The molecule has 0 aromatic carbocycles. The molecule has 0 spiro atoms. The number of aromatic amines is 1. The fourth-order valence-corrected chi connectivity index (χ4v) is 2.09. The third-order valence-electron chi connectivity index (χ3n) is 2.82. The zero-order valence-electron chi connectivity index (χ0n) is 10.9. The average Bonchev–Trinajstić information content (AvgIpc) is 2.95. The predicted octanol–water partition coefficient (Wildman–Crippen LogP) is -2.30. The van der Waals surface area contributed by atoms with Crippen molar-refractivity contribution in [2.75, 3.05) is 12.3 Å². The molecular formula is C9H14N3O9P. The zero-order chi connectivity index (χ0) is 16.5. The summed E-state index contributed by atoms with van der Waals surface area (Å²) in [6.07, 6.45) is -4.89. The largest absolute Gasteiger partial charge is 0.469 e. The van der Waals surface area contributed by atoms with Gasteiger partial charge in [0.25, 0.3) is 0 Å². The molecule has 22 heavy (non-hydrogen) atoms. The summed E-state index contributed by atoms with van der Waals surface area (Å²) in [6, 6.07) is 0. The molecule has 13 heteroatoms. The number of hydrogen-bond donors (Lipinski definition) is 6. The molecule has 0 bridgehead atoms. The highest BCUT2D eigenvalue weighted by Gasteiger charge is 2.46. The number of aliphatic hydroxyl groups excluding tert-OH is 2. The second kappa shape index (κ2) is 6.30. The number of nitrogens with zero attached hydrogens (tertiary/aromatic N) is 1. The van der Waals surface area contributed by atoms with Crippen LogP contribution in [0.5, 0.6) is 0 Å². The number of H-pyrrole nitrogens is 1. The van der Waals surface area contributed by atoms with Gasteiger partial charge < -0.3 is 40.2 Å². The molecule has 1 aromatic rings. The van der Waals surface area contributed by atoms with E-state index in [0.29, 0.717) is 0 Å². The first-order valence-electron chi connectivity index (χ1n) is 5.90. The van der Waals surface area contributed by atoms with Crippen molar-refractivity contribution >= 4 is 19.6 Å². The molecule has 0 radical (unpaired) electrons. The number of hydrogen-bond acceptors (Lipinski definition) is 9. The van der Waals surface area contributed by atoms with Gasteiger partial charge in [0.1, 0.15) is 18.3 Å². The van der Waals surface area contributed by atoms with Crippen LogP contribution in [0.15, 0.2) is 6.33 Å². The van der Waals surface area contributed by atoms with Gasteiger partial charge in [0.05, 0.1) is 12.9 Å². The lowest BCUT2D eigenvalue weighted by Crippen LogP contribution is -2.35. The van der Waals surface area contributed by atoms with Gasteiger partial charge in [-0.15, -0.1) is 0 Å². The maximum absolute atomic E-state index is 11.8. The van der Waals surface area contributed by atoms with Crippen LogP contribution in [0.4, 0.5) is 5.82 Å². The lowest BCUT2D eigenvalue weighted by Gasteiger charge is -2.15. The van der Waals surface area contributed by atoms with E-state index in [1.807, 2.05) is 0 Å². The lowest BCUT2D eigenvalue weighted by molar-refractivity contribution is -0.139. The molecule has 4 atom stereocenters. The number of rotatable bonds is 5. The number of anilines is 1. The molecule has 1 unspecified atom stereocenters. The number of imidazole rings is 1. The van der Waals surface area contributed by atoms with Crippen LogP contribution in [0.1, 0.15) is 10.5 Å². The van der Waals surface area contributed by atoms with Gasteiger partial charge in [-0.1, -0.05) is 0 Å². The molecule has 1 fully saturated rings. The van der Waals surface area contributed by atoms with Crippen molar-refractivity contribution in [3.8, 4) is 0 Å². The van der Waals surface area contributed by atoms with E-state index in [4.69, 9.17) is 25.0 Å². The van der Waals surface area contributed by atoms with Gasteiger partial charge in [0, 0.05) is 0 Å². The minimum Gasteiger partial charge on any atom is -0.428 e. The van der Waals surface area contributed by atoms with Crippen molar-refractivity contribution in [3.05, 3.63) is 12.0 Å². The van der Waals surface area contributed by atoms with Crippen LogP contribution < -0.4 is 5.73 Å². The Bertz CT molecular complexity index is 587. The van der Waals surface area contributed by atoms with Crippen LogP contribution in [0.2, 0.25) is 0 Å². The third-order valence-corrected chi connectivity index (χ3v) is 3.31. The van der Waals surface area contributed by atoms with E-state index in [1.54, 1.807) is 0 Å².